The number of hydrogen-bond acceptors (Lipinski definition) is 4. The van der Waals surface area contributed by atoms with Crippen molar-refractivity contribution in [2.75, 3.05) is 13.7 Å². The van der Waals surface area contributed by atoms with E-state index in [0.717, 1.165) is 5.52 Å². The van der Waals surface area contributed by atoms with E-state index in [1.807, 2.05) is 12.1 Å². The highest BCUT2D eigenvalue weighted by atomic mass is 16.5. The fraction of sp³-hybridized carbons (Fsp3) is 0.182. The topological polar surface area (TPSA) is 87.0 Å². The zero-order chi connectivity index (χ0) is 12.3. The molecular formula is C11H11N3O3. The van der Waals surface area contributed by atoms with Gasteiger partial charge in [-0.25, -0.2) is 0 Å². The molecule has 1 amide bonds. The van der Waals surface area contributed by atoms with Gasteiger partial charge in [0.05, 0.1) is 5.52 Å². The lowest BCUT2D eigenvalue weighted by atomic mass is 10.2. The van der Waals surface area contributed by atoms with Gasteiger partial charge in [-0.1, -0.05) is 18.2 Å². The van der Waals surface area contributed by atoms with Crippen LogP contribution in [0.4, 0.5) is 5.69 Å². The Hall–Kier alpha value is -2.21. The van der Waals surface area contributed by atoms with Gasteiger partial charge in [0.1, 0.15) is 6.61 Å². The lowest BCUT2D eigenvalue weighted by Crippen LogP contribution is -2.01. The van der Waals surface area contributed by atoms with Gasteiger partial charge in [0, 0.05) is 12.5 Å². The highest BCUT2D eigenvalue weighted by Gasteiger charge is 2.09. The van der Waals surface area contributed by atoms with Crippen molar-refractivity contribution in [2.45, 2.75) is 0 Å². The molecule has 0 saturated carbocycles. The lowest BCUT2D eigenvalue weighted by molar-refractivity contribution is -0.121. The number of ether oxygens (including phenoxy) is 1. The van der Waals surface area contributed by atoms with Crippen molar-refractivity contribution in [1.82, 2.24) is 4.98 Å². The van der Waals surface area contributed by atoms with Crippen LogP contribution in [0, 0.1) is 0 Å². The lowest BCUT2D eigenvalue weighted by Gasteiger charge is -1.91. The van der Waals surface area contributed by atoms with Gasteiger partial charge in [0.2, 0.25) is 5.88 Å². The smallest absolute Gasteiger partial charge is 0.290 e. The fourth-order valence-corrected chi connectivity index (χ4v) is 1.47. The van der Waals surface area contributed by atoms with E-state index in [4.69, 9.17) is 0 Å². The standard InChI is InChI=1S/C11H11N3O3/c1-17-6-9(15)13-14-10-7-4-2-3-5-8(7)12-11(10)16/h2-5,12,16H,6H2,1H3. The summed E-state index contributed by atoms with van der Waals surface area (Å²) in [5.41, 5.74) is 0.989. The predicted molar refractivity (Wildman–Crippen MR) is 61.4 cm³/mol. The van der Waals surface area contributed by atoms with Gasteiger partial charge >= 0.3 is 0 Å². The molecule has 0 saturated heterocycles. The number of aromatic amines is 1. The number of rotatable bonds is 3. The monoisotopic (exact) mass is 233 g/mol. The molecule has 0 aliphatic heterocycles. The summed E-state index contributed by atoms with van der Waals surface area (Å²) < 4.78 is 4.62. The molecule has 0 aliphatic rings. The molecule has 0 atom stereocenters. The summed E-state index contributed by atoms with van der Waals surface area (Å²) in [4.78, 5) is 13.9. The number of nitrogens with one attached hydrogen (secondary N) is 1. The number of para-hydroxylation sites is 1. The van der Waals surface area contributed by atoms with Gasteiger partial charge < -0.3 is 14.8 Å². The Morgan fingerprint density at radius 1 is 1.47 bits per heavy atom. The third-order valence-electron chi connectivity index (χ3n) is 2.19. The number of aromatic hydroxyl groups is 1. The van der Waals surface area contributed by atoms with Gasteiger partial charge in [0.25, 0.3) is 5.91 Å². The Morgan fingerprint density at radius 2 is 2.24 bits per heavy atom. The molecule has 6 heteroatoms. The fourth-order valence-electron chi connectivity index (χ4n) is 1.47. The second-order valence-corrected chi connectivity index (χ2v) is 3.39. The molecule has 17 heavy (non-hydrogen) atoms. The summed E-state index contributed by atoms with van der Waals surface area (Å²) >= 11 is 0. The summed E-state index contributed by atoms with van der Waals surface area (Å²) in [5.74, 6) is -0.614. The molecule has 0 fully saturated rings. The number of amides is 1. The molecular weight excluding hydrogens is 222 g/mol. The molecule has 88 valence electrons. The minimum absolute atomic E-state index is 0.111. The molecule has 1 aromatic heterocycles. The molecule has 6 nitrogen and oxygen atoms in total. The van der Waals surface area contributed by atoms with Crippen LogP contribution < -0.4 is 0 Å². The minimum atomic E-state index is -0.503. The molecule has 0 unspecified atom stereocenters. The SMILES string of the molecule is COCC(=O)N=Nc1c(O)[nH]c2ccccc12. The van der Waals surface area contributed by atoms with Crippen molar-refractivity contribution in [3.63, 3.8) is 0 Å². The first-order valence-corrected chi connectivity index (χ1v) is 4.95. The van der Waals surface area contributed by atoms with Crippen LogP contribution in [0.1, 0.15) is 0 Å². The number of methoxy groups -OCH3 is 1. The average molecular weight is 233 g/mol. The molecule has 0 aliphatic carbocycles. The van der Waals surface area contributed by atoms with E-state index < -0.39 is 5.91 Å². The maximum absolute atomic E-state index is 11.1. The van der Waals surface area contributed by atoms with Crippen LogP contribution in [0.5, 0.6) is 5.88 Å². The minimum Gasteiger partial charge on any atom is -0.493 e. The normalized spacial score (nSPS) is 11.4. The molecule has 2 aromatic rings. The molecule has 2 N–H and O–H groups in total. The Labute approximate surface area is 96.9 Å². The molecule has 0 radical (unpaired) electrons. The van der Waals surface area contributed by atoms with E-state index in [-0.39, 0.29) is 18.2 Å². The highest BCUT2D eigenvalue weighted by Crippen LogP contribution is 2.34. The van der Waals surface area contributed by atoms with Crippen molar-refractivity contribution < 1.29 is 14.6 Å². The van der Waals surface area contributed by atoms with Gasteiger partial charge in [-0.3, -0.25) is 4.79 Å². The number of carbonyl (C=O) groups is 1. The summed E-state index contributed by atoms with van der Waals surface area (Å²) in [6.45, 7) is -0.132. The van der Waals surface area contributed by atoms with E-state index in [1.54, 1.807) is 12.1 Å². The summed E-state index contributed by atoms with van der Waals surface area (Å²) in [5, 5.41) is 17.5. The molecule has 1 heterocycles. The number of H-pyrrole nitrogens is 1. The zero-order valence-electron chi connectivity index (χ0n) is 9.17. The second-order valence-electron chi connectivity index (χ2n) is 3.39. The van der Waals surface area contributed by atoms with Crippen molar-refractivity contribution in [3.05, 3.63) is 24.3 Å². The predicted octanol–water partition coefficient (Wildman–Crippen LogP) is 2.13. The number of azo groups is 1. The van der Waals surface area contributed by atoms with E-state index in [0.29, 0.717) is 5.39 Å². The number of carbonyl (C=O) groups excluding carboxylic acids is 1. The van der Waals surface area contributed by atoms with Crippen molar-refractivity contribution in [2.24, 2.45) is 10.2 Å². The maximum Gasteiger partial charge on any atom is 0.290 e. The average Bonchev–Trinajstić information content (AvgIpc) is 2.62. The summed E-state index contributed by atoms with van der Waals surface area (Å²) in [6.07, 6.45) is 0. The quantitative estimate of drug-likeness (QED) is 0.796. The number of nitrogens with zero attached hydrogens (tertiary/aromatic N) is 2. The number of fused-ring (bicyclic) bond motifs is 1. The van der Waals surface area contributed by atoms with E-state index in [2.05, 4.69) is 19.9 Å². The van der Waals surface area contributed by atoms with Crippen LogP contribution in [-0.2, 0) is 9.53 Å². The number of hydrogen-bond donors (Lipinski definition) is 2. The van der Waals surface area contributed by atoms with Crippen LogP contribution in [0.3, 0.4) is 0 Å². The largest absolute Gasteiger partial charge is 0.493 e. The third kappa shape index (κ3) is 2.31. The van der Waals surface area contributed by atoms with Gasteiger partial charge in [-0.2, -0.15) is 0 Å². The van der Waals surface area contributed by atoms with Crippen LogP contribution in [-0.4, -0.2) is 29.7 Å². The number of benzene rings is 1. The zero-order valence-corrected chi connectivity index (χ0v) is 9.17. The Balaban J connectivity index is 2.35. The third-order valence-corrected chi connectivity index (χ3v) is 2.19. The first kappa shape index (κ1) is 11.3. The van der Waals surface area contributed by atoms with E-state index >= 15 is 0 Å². The summed E-state index contributed by atoms with van der Waals surface area (Å²) in [6, 6.07) is 7.21. The van der Waals surface area contributed by atoms with Gasteiger partial charge in [-0.05, 0) is 6.07 Å². The van der Waals surface area contributed by atoms with Crippen LogP contribution in [0.2, 0.25) is 0 Å². The molecule has 0 spiro atoms. The Kier molecular flexibility index (Phi) is 3.15. The Bertz CT molecular complexity index is 574. The van der Waals surface area contributed by atoms with Crippen LogP contribution >= 0.6 is 0 Å². The van der Waals surface area contributed by atoms with Crippen LogP contribution in [0.15, 0.2) is 34.5 Å². The highest BCUT2D eigenvalue weighted by molar-refractivity contribution is 5.94. The van der Waals surface area contributed by atoms with Crippen molar-refractivity contribution in [3.8, 4) is 5.88 Å². The van der Waals surface area contributed by atoms with E-state index in [9.17, 15) is 9.90 Å². The van der Waals surface area contributed by atoms with Crippen LogP contribution in [0.25, 0.3) is 10.9 Å². The second kappa shape index (κ2) is 4.75. The van der Waals surface area contributed by atoms with Gasteiger partial charge in [0.15, 0.2) is 5.69 Å². The van der Waals surface area contributed by atoms with Crippen molar-refractivity contribution >= 4 is 22.5 Å². The molecule has 1 aromatic carbocycles. The summed E-state index contributed by atoms with van der Waals surface area (Å²) in [7, 11) is 1.40. The number of aromatic nitrogens is 1. The maximum atomic E-state index is 11.1. The molecule has 0 bridgehead atoms. The van der Waals surface area contributed by atoms with E-state index in [1.165, 1.54) is 7.11 Å². The first-order chi connectivity index (χ1) is 8.22. The Morgan fingerprint density at radius 3 is 3.00 bits per heavy atom. The molecule has 2 rings (SSSR count). The first-order valence-electron chi connectivity index (χ1n) is 4.95. The van der Waals surface area contributed by atoms with Gasteiger partial charge in [-0.15, -0.1) is 10.2 Å². The van der Waals surface area contributed by atoms with Crippen molar-refractivity contribution in [1.29, 1.82) is 0 Å².